The highest BCUT2D eigenvalue weighted by atomic mass is 16.6. The highest BCUT2D eigenvalue weighted by molar-refractivity contribution is 5.32. The minimum absolute atomic E-state index is 0.163. The Morgan fingerprint density at radius 3 is 2.54 bits per heavy atom. The zero-order chi connectivity index (χ0) is 19.1. The second kappa shape index (κ2) is 5.66. The molecule has 3 aliphatic carbocycles. The van der Waals surface area contributed by atoms with Crippen LogP contribution in [0.25, 0.3) is 0 Å². The summed E-state index contributed by atoms with van der Waals surface area (Å²) < 4.78 is 5.91. The van der Waals surface area contributed by atoms with Crippen LogP contribution in [0.4, 0.5) is 0 Å². The second-order valence-corrected chi connectivity index (χ2v) is 10.2. The van der Waals surface area contributed by atoms with Gasteiger partial charge in [-0.3, -0.25) is 0 Å². The number of rotatable bonds is 2. The van der Waals surface area contributed by atoms with Gasteiger partial charge in [0.1, 0.15) is 30.0 Å². The molecule has 0 radical (unpaired) electrons. The van der Waals surface area contributed by atoms with E-state index in [2.05, 4.69) is 40.3 Å². The summed E-state index contributed by atoms with van der Waals surface area (Å²) >= 11 is 0. The molecule has 26 heavy (non-hydrogen) atoms. The fourth-order valence-electron chi connectivity index (χ4n) is 6.75. The molecule has 4 rings (SSSR count). The van der Waals surface area contributed by atoms with Gasteiger partial charge in [0, 0.05) is 0 Å². The standard InChI is InChI=1S/C22H34O4/c1-12-7-8-15-20(3,4)9-6-10-21(15,5)14(12)11-22-18(25)16(23)13(2)17(24)19(22)26-22/h7,14-19,23-25H,2,6,8-11H2,1,3-5H3/t14?,15?,16-,17+,18-,19+,21?,22-/m0/s1. The topological polar surface area (TPSA) is 73.2 Å². The molecule has 0 aromatic rings. The van der Waals surface area contributed by atoms with Gasteiger partial charge in [-0.2, -0.15) is 0 Å². The monoisotopic (exact) mass is 362 g/mol. The Bertz CT molecular complexity index is 653. The molecule has 1 heterocycles. The molecule has 0 bridgehead atoms. The average Bonchev–Trinajstić information content (AvgIpc) is 3.30. The quantitative estimate of drug-likeness (QED) is 0.522. The Morgan fingerprint density at radius 2 is 1.85 bits per heavy atom. The Kier molecular flexibility index (Phi) is 4.07. The normalized spacial score (nSPS) is 52.7. The molecule has 2 saturated carbocycles. The van der Waals surface area contributed by atoms with Crippen LogP contribution in [-0.4, -0.2) is 45.3 Å². The first-order valence-electron chi connectivity index (χ1n) is 10.1. The van der Waals surface area contributed by atoms with Crippen LogP contribution in [0.1, 0.15) is 59.8 Å². The number of fused-ring (bicyclic) bond motifs is 2. The minimum Gasteiger partial charge on any atom is -0.387 e. The summed E-state index contributed by atoms with van der Waals surface area (Å²) in [6, 6.07) is 0. The first-order chi connectivity index (χ1) is 12.0. The number of aliphatic hydroxyl groups excluding tert-OH is 3. The van der Waals surface area contributed by atoms with Gasteiger partial charge in [0.05, 0.1) is 0 Å². The molecule has 0 aromatic heterocycles. The van der Waals surface area contributed by atoms with Crippen molar-refractivity contribution in [3.05, 3.63) is 23.8 Å². The van der Waals surface area contributed by atoms with Gasteiger partial charge in [0.2, 0.25) is 0 Å². The third-order valence-electron chi connectivity index (χ3n) is 8.44. The van der Waals surface area contributed by atoms with Crippen LogP contribution in [0.15, 0.2) is 23.8 Å². The van der Waals surface area contributed by atoms with Crippen LogP contribution >= 0.6 is 0 Å². The van der Waals surface area contributed by atoms with Crippen LogP contribution in [0.3, 0.4) is 0 Å². The molecule has 3 N–H and O–H groups in total. The number of allylic oxidation sites excluding steroid dienone is 2. The second-order valence-electron chi connectivity index (χ2n) is 10.2. The van der Waals surface area contributed by atoms with Crippen molar-refractivity contribution in [3.63, 3.8) is 0 Å². The summed E-state index contributed by atoms with van der Waals surface area (Å²) in [5, 5.41) is 31.5. The maximum Gasteiger partial charge on any atom is 0.127 e. The summed E-state index contributed by atoms with van der Waals surface area (Å²) in [4.78, 5) is 0. The van der Waals surface area contributed by atoms with E-state index >= 15 is 0 Å². The molecule has 4 heteroatoms. The van der Waals surface area contributed by atoms with E-state index in [9.17, 15) is 15.3 Å². The van der Waals surface area contributed by atoms with Gasteiger partial charge >= 0.3 is 0 Å². The summed E-state index contributed by atoms with van der Waals surface area (Å²) in [7, 11) is 0. The SMILES string of the molecule is C=C1[C@@H](O)[C@H]2O[C@@]2(CC2C(C)=CCC3C(C)(C)CCCC23C)[C@@H](O)[C@H]1O. The Balaban J connectivity index is 1.66. The molecule has 3 fully saturated rings. The van der Waals surface area contributed by atoms with Gasteiger partial charge in [-0.1, -0.05) is 45.4 Å². The lowest BCUT2D eigenvalue weighted by Crippen LogP contribution is -2.55. The zero-order valence-electron chi connectivity index (χ0n) is 16.5. The summed E-state index contributed by atoms with van der Waals surface area (Å²) in [6.45, 7) is 13.1. The van der Waals surface area contributed by atoms with E-state index in [4.69, 9.17) is 4.74 Å². The lowest BCUT2D eigenvalue weighted by Gasteiger charge is -2.57. The first kappa shape index (κ1) is 18.7. The molecule has 4 aliphatic rings. The third kappa shape index (κ3) is 2.35. The van der Waals surface area contributed by atoms with E-state index in [0.717, 1.165) is 6.42 Å². The largest absolute Gasteiger partial charge is 0.387 e. The van der Waals surface area contributed by atoms with E-state index < -0.39 is 30.0 Å². The number of epoxide rings is 1. The Morgan fingerprint density at radius 1 is 1.15 bits per heavy atom. The van der Waals surface area contributed by atoms with Gasteiger partial charge < -0.3 is 20.1 Å². The van der Waals surface area contributed by atoms with Crippen LogP contribution in [-0.2, 0) is 4.74 Å². The van der Waals surface area contributed by atoms with Crippen molar-refractivity contribution in [2.24, 2.45) is 22.7 Å². The van der Waals surface area contributed by atoms with Crippen LogP contribution in [0, 0.1) is 22.7 Å². The molecule has 146 valence electrons. The van der Waals surface area contributed by atoms with E-state index in [1.54, 1.807) is 0 Å². The van der Waals surface area contributed by atoms with Gasteiger partial charge in [-0.05, 0) is 60.8 Å². The fraction of sp³-hybridized carbons (Fsp3) is 0.818. The summed E-state index contributed by atoms with van der Waals surface area (Å²) in [5.74, 6) is 0.905. The van der Waals surface area contributed by atoms with Crippen molar-refractivity contribution in [1.82, 2.24) is 0 Å². The van der Waals surface area contributed by atoms with Crippen molar-refractivity contribution < 1.29 is 20.1 Å². The molecular weight excluding hydrogens is 328 g/mol. The summed E-state index contributed by atoms with van der Waals surface area (Å²) in [6.07, 6.45) is 4.35. The molecular formula is C22H34O4. The van der Waals surface area contributed by atoms with E-state index in [1.165, 1.54) is 24.8 Å². The maximum atomic E-state index is 10.8. The fourth-order valence-corrected chi connectivity index (χ4v) is 6.75. The van der Waals surface area contributed by atoms with Crippen LogP contribution in [0.5, 0.6) is 0 Å². The minimum atomic E-state index is -1.12. The van der Waals surface area contributed by atoms with Crippen molar-refractivity contribution in [1.29, 1.82) is 0 Å². The number of ether oxygens (including phenoxy) is 1. The summed E-state index contributed by atoms with van der Waals surface area (Å²) in [5.41, 5.74) is 1.27. The lowest BCUT2D eigenvalue weighted by molar-refractivity contribution is -0.0702. The molecule has 0 amide bonds. The number of hydrogen-bond donors (Lipinski definition) is 3. The Hall–Kier alpha value is -0.680. The van der Waals surface area contributed by atoms with Crippen molar-refractivity contribution in [2.45, 2.75) is 89.8 Å². The van der Waals surface area contributed by atoms with Crippen LogP contribution < -0.4 is 0 Å². The first-order valence-corrected chi connectivity index (χ1v) is 10.1. The Labute approximate surface area is 156 Å². The predicted octanol–water partition coefficient (Wildman–Crippen LogP) is 2.97. The number of aliphatic hydroxyl groups is 3. The lowest BCUT2D eigenvalue weighted by atomic mass is 9.47. The van der Waals surface area contributed by atoms with Gasteiger partial charge in [0.25, 0.3) is 0 Å². The van der Waals surface area contributed by atoms with E-state index in [1.807, 2.05) is 0 Å². The smallest absolute Gasteiger partial charge is 0.127 e. The van der Waals surface area contributed by atoms with Gasteiger partial charge in [0.15, 0.2) is 0 Å². The highest BCUT2D eigenvalue weighted by Gasteiger charge is 2.71. The molecule has 8 atom stereocenters. The van der Waals surface area contributed by atoms with Gasteiger partial charge in [-0.15, -0.1) is 0 Å². The maximum absolute atomic E-state index is 10.8. The van der Waals surface area contributed by atoms with Crippen molar-refractivity contribution in [3.8, 4) is 0 Å². The van der Waals surface area contributed by atoms with Crippen molar-refractivity contribution >= 4 is 0 Å². The van der Waals surface area contributed by atoms with E-state index in [0.29, 0.717) is 23.7 Å². The molecule has 1 saturated heterocycles. The van der Waals surface area contributed by atoms with Crippen molar-refractivity contribution in [2.75, 3.05) is 0 Å². The van der Waals surface area contributed by atoms with Gasteiger partial charge in [-0.25, -0.2) is 0 Å². The molecule has 3 unspecified atom stereocenters. The van der Waals surface area contributed by atoms with Crippen LogP contribution in [0.2, 0.25) is 0 Å². The highest BCUT2D eigenvalue weighted by Crippen LogP contribution is 2.63. The third-order valence-corrected chi connectivity index (χ3v) is 8.44. The number of hydrogen-bond acceptors (Lipinski definition) is 4. The predicted molar refractivity (Wildman–Crippen MR) is 100 cm³/mol. The zero-order valence-corrected chi connectivity index (χ0v) is 16.5. The average molecular weight is 363 g/mol. The molecule has 4 nitrogen and oxygen atoms in total. The van der Waals surface area contributed by atoms with E-state index in [-0.39, 0.29) is 11.0 Å². The molecule has 0 spiro atoms. The molecule has 0 aromatic carbocycles. The molecule has 1 aliphatic heterocycles.